The van der Waals surface area contributed by atoms with Gasteiger partial charge in [-0.1, -0.05) is 0 Å². The number of hydrogen-bond donors (Lipinski definition) is 1. The Bertz CT molecular complexity index is 767. The molecule has 0 atom stereocenters. The standard InChI is InChI=1S/C14H16N4O2/c19-12-11-16-17-13(14(4-5-14)8-1-2-8)18(11)10-3-6-20-7-9(10)15-12/h8H,1-7H2,(H,15,19). The molecule has 0 bridgehead atoms. The van der Waals surface area contributed by atoms with Gasteiger partial charge in [0.25, 0.3) is 5.56 Å². The summed E-state index contributed by atoms with van der Waals surface area (Å²) in [6.07, 6.45) is 5.79. The lowest BCUT2D eigenvalue weighted by Gasteiger charge is -2.20. The molecule has 0 aromatic carbocycles. The molecule has 1 aliphatic heterocycles. The van der Waals surface area contributed by atoms with E-state index in [1.807, 2.05) is 4.40 Å². The first-order valence-corrected chi connectivity index (χ1v) is 7.37. The van der Waals surface area contributed by atoms with Crippen LogP contribution in [0.25, 0.3) is 5.65 Å². The van der Waals surface area contributed by atoms with Gasteiger partial charge in [0.2, 0.25) is 5.65 Å². The molecule has 20 heavy (non-hydrogen) atoms. The molecule has 1 N–H and O–H groups in total. The summed E-state index contributed by atoms with van der Waals surface area (Å²) in [5, 5.41) is 8.58. The van der Waals surface area contributed by atoms with Crippen molar-refractivity contribution in [3.63, 3.8) is 0 Å². The van der Waals surface area contributed by atoms with Crippen LogP contribution in [-0.2, 0) is 23.2 Å². The Morgan fingerprint density at radius 3 is 2.90 bits per heavy atom. The molecular weight excluding hydrogens is 256 g/mol. The highest BCUT2D eigenvalue weighted by Gasteiger charge is 2.58. The van der Waals surface area contributed by atoms with Crippen LogP contribution in [0.1, 0.15) is 42.9 Å². The molecule has 0 saturated heterocycles. The summed E-state index contributed by atoms with van der Waals surface area (Å²) in [4.78, 5) is 15.1. The van der Waals surface area contributed by atoms with E-state index in [2.05, 4.69) is 15.2 Å². The minimum absolute atomic E-state index is 0.153. The molecule has 6 heteroatoms. The largest absolute Gasteiger partial charge is 0.375 e. The van der Waals surface area contributed by atoms with Crippen molar-refractivity contribution in [2.45, 2.75) is 44.1 Å². The van der Waals surface area contributed by atoms with E-state index >= 15 is 0 Å². The lowest BCUT2D eigenvalue weighted by Crippen LogP contribution is -2.25. The van der Waals surface area contributed by atoms with E-state index in [1.54, 1.807) is 0 Å². The number of H-pyrrole nitrogens is 1. The molecule has 3 aliphatic rings. The number of fused-ring (bicyclic) bond motifs is 3. The Balaban J connectivity index is 1.83. The van der Waals surface area contributed by atoms with Crippen LogP contribution in [-0.4, -0.2) is 26.2 Å². The second-order valence-electron chi connectivity index (χ2n) is 6.29. The van der Waals surface area contributed by atoms with Crippen LogP contribution in [0.15, 0.2) is 4.79 Å². The number of hydrogen-bond acceptors (Lipinski definition) is 4. The van der Waals surface area contributed by atoms with Gasteiger partial charge < -0.3 is 9.72 Å². The van der Waals surface area contributed by atoms with Crippen LogP contribution in [0.3, 0.4) is 0 Å². The molecule has 2 fully saturated rings. The molecule has 0 spiro atoms. The summed E-state index contributed by atoms with van der Waals surface area (Å²) in [7, 11) is 0. The molecule has 2 aliphatic carbocycles. The van der Waals surface area contributed by atoms with Gasteiger partial charge in [0.1, 0.15) is 5.82 Å². The lowest BCUT2D eigenvalue weighted by atomic mass is 9.99. The summed E-state index contributed by atoms with van der Waals surface area (Å²) in [6.45, 7) is 1.18. The second kappa shape index (κ2) is 3.49. The summed E-state index contributed by atoms with van der Waals surface area (Å²) in [5.74, 6) is 1.78. The molecule has 5 rings (SSSR count). The predicted octanol–water partition coefficient (Wildman–Crippen LogP) is 0.932. The Labute approximate surface area is 115 Å². The van der Waals surface area contributed by atoms with Crippen molar-refractivity contribution in [1.82, 2.24) is 19.6 Å². The molecule has 6 nitrogen and oxygen atoms in total. The van der Waals surface area contributed by atoms with Gasteiger partial charge >= 0.3 is 0 Å². The molecule has 0 amide bonds. The van der Waals surface area contributed by atoms with E-state index in [1.165, 1.54) is 25.7 Å². The number of aromatic nitrogens is 4. The van der Waals surface area contributed by atoms with Gasteiger partial charge in [0.05, 0.1) is 24.6 Å². The first-order chi connectivity index (χ1) is 9.79. The summed E-state index contributed by atoms with van der Waals surface area (Å²) in [6, 6.07) is 0. The van der Waals surface area contributed by atoms with Gasteiger partial charge in [0, 0.05) is 11.8 Å². The van der Waals surface area contributed by atoms with Crippen LogP contribution in [0.4, 0.5) is 0 Å². The Kier molecular flexibility index (Phi) is 1.92. The highest BCUT2D eigenvalue weighted by molar-refractivity contribution is 5.42. The number of rotatable bonds is 2. The van der Waals surface area contributed by atoms with Crippen LogP contribution in [0.5, 0.6) is 0 Å². The van der Waals surface area contributed by atoms with Gasteiger partial charge in [-0.3, -0.25) is 9.20 Å². The predicted molar refractivity (Wildman–Crippen MR) is 70.6 cm³/mol. The molecule has 2 saturated carbocycles. The SMILES string of the molecule is O=c1[nH]c2c(n3c(C4(C5CC5)CC4)nnc13)CCOC2. The average molecular weight is 272 g/mol. The fraction of sp³-hybridized carbons (Fsp3) is 0.643. The van der Waals surface area contributed by atoms with Crippen molar-refractivity contribution < 1.29 is 4.74 Å². The monoisotopic (exact) mass is 272 g/mol. The molecule has 0 unspecified atom stereocenters. The third kappa shape index (κ3) is 1.30. The van der Waals surface area contributed by atoms with Crippen molar-refractivity contribution in [3.05, 3.63) is 27.6 Å². The van der Waals surface area contributed by atoms with Gasteiger partial charge in [-0.05, 0) is 31.6 Å². The highest BCUT2D eigenvalue weighted by Crippen LogP contribution is 2.61. The van der Waals surface area contributed by atoms with E-state index in [9.17, 15) is 4.79 Å². The summed E-state index contributed by atoms with van der Waals surface area (Å²) >= 11 is 0. The van der Waals surface area contributed by atoms with E-state index in [0.29, 0.717) is 18.9 Å². The van der Waals surface area contributed by atoms with E-state index in [4.69, 9.17) is 4.74 Å². The van der Waals surface area contributed by atoms with Gasteiger partial charge in [-0.15, -0.1) is 10.2 Å². The topological polar surface area (TPSA) is 72.3 Å². The molecule has 3 heterocycles. The lowest BCUT2D eigenvalue weighted by molar-refractivity contribution is 0.105. The molecule has 0 radical (unpaired) electrons. The van der Waals surface area contributed by atoms with Gasteiger partial charge in [0.15, 0.2) is 0 Å². The third-order valence-corrected chi connectivity index (χ3v) is 5.07. The minimum atomic E-state index is -0.153. The number of aromatic amines is 1. The van der Waals surface area contributed by atoms with Crippen LogP contribution >= 0.6 is 0 Å². The maximum atomic E-state index is 12.2. The van der Waals surface area contributed by atoms with Crippen LogP contribution in [0.2, 0.25) is 0 Å². The summed E-state index contributed by atoms with van der Waals surface area (Å²) < 4.78 is 7.50. The van der Waals surface area contributed by atoms with Crippen LogP contribution < -0.4 is 5.56 Å². The van der Waals surface area contributed by atoms with Crippen molar-refractivity contribution in [2.75, 3.05) is 6.61 Å². The molecular formula is C14H16N4O2. The van der Waals surface area contributed by atoms with E-state index in [0.717, 1.165) is 29.6 Å². The highest BCUT2D eigenvalue weighted by atomic mass is 16.5. The fourth-order valence-corrected chi connectivity index (χ4v) is 3.72. The minimum Gasteiger partial charge on any atom is -0.375 e. The van der Waals surface area contributed by atoms with Crippen LogP contribution in [0, 0.1) is 5.92 Å². The first-order valence-electron chi connectivity index (χ1n) is 7.37. The average Bonchev–Trinajstić information content (AvgIpc) is 3.36. The van der Waals surface area contributed by atoms with E-state index < -0.39 is 0 Å². The maximum absolute atomic E-state index is 12.2. The zero-order chi connectivity index (χ0) is 13.3. The number of ether oxygens (including phenoxy) is 1. The van der Waals surface area contributed by atoms with Crippen molar-refractivity contribution >= 4 is 5.65 Å². The van der Waals surface area contributed by atoms with Gasteiger partial charge in [-0.25, -0.2) is 0 Å². The summed E-state index contributed by atoms with van der Waals surface area (Å²) in [5.41, 5.74) is 2.53. The Morgan fingerprint density at radius 2 is 2.15 bits per heavy atom. The number of nitrogens with one attached hydrogen (secondary N) is 1. The zero-order valence-corrected chi connectivity index (χ0v) is 11.2. The molecule has 2 aromatic rings. The van der Waals surface area contributed by atoms with E-state index in [-0.39, 0.29) is 11.0 Å². The third-order valence-electron chi connectivity index (χ3n) is 5.07. The normalized spacial score (nSPS) is 23.8. The maximum Gasteiger partial charge on any atom is 0.293 e. The first kappa shape index (κ1) is 11.0. The van der Waals surface area contributed by atoms with Crippen molar-refractivity contribution in [2.24, 2.45) is 5.92 Å². The molecule has 2 aromatic heterocycles. The Hall–Kier alpha value is -1.69. The number of nitrogens with zero attached hydrogens (tertiary/aromatic N) is 3. The molecule has 104 valence electrons. The fourth-order valence-electron chi connectivity index (χ4n) is 3.72. The smallest absolute Gasteiger partial charge is 0.293 e. The Morgan fingerprint density at radius 1 is 1.30 bits per heavy atom. The zero-order valence-electron chi connectivity index (χ0n) is 11.2. The van der Waals surface area contributed by atoms with Crippen molar-refractivity contribution in [3.8, 4) is 0 Å². The van der Waals surface area contributed by atoms with Crippen molar-refractivity contribution in [1.29, 1.82) is 0 Å². The second-order valence-corrected chi connectivity index (χ2v) is 6.29. The quantitative estimate of drug-likeness (QED) is 0.882. The van der Waals surface area contributed by atoms with Gasteiger partial charge in [-0.2, -0.15) is 0 Å².